The minimum atomic E-state index is 0.128. The highest BCUT2D eigenvalue weighted by Crippen LogP contribution is 2.15. The molecule has 0 aliphatic carbocycles. The summed E-state index contributed by atoms with van der Waals surface area (Å²) in [4.78, 5) is 24.7. The molecule has 24 heavy (non-hydrogen) atoms. The third kappa shape index (κ3) is 4.88. The number of likely N-dealkylation sites (tertiary alicyclic amines) is 1. The van der Waals surface area contributed by atoms with Crippen molar-refractivity contribution in [1.29, 1.82) is 0 Å². The van der Waals surface area contributed by atoms with Gasteiger partial charge in [0.15, 0.2) is 0 Å². The number of hydrogen-bond donors (Lipinski definition) is 1. The summed E-state index contributed by atoms with van der Waals surface area (Å²) in [5, 5.41) is 3.50. The summed E-state index contributed by atoms with van der Waals surface area (Å²) >= 11 is 0. The number of amides is 1. The van der Waals surface area contributed by atoms with Crippen LogP contribution in [0.2, 0.25) is 0 Å². The van der Waals surface area contributed by atoms with Crippen LogP contribution in [0.1, 0.15) is 25.0 Å². The second-order valence-corrected chi connectivity index (χ2v) is 6.59. The molecule has 0 bridgehead atoms. The summed E-state index contributed by atoms with van der Waals surface area (Å²) < 4.78 is 5.28. The SMILES string of the molecule is Cc1cc(NC2CCN(CCN3CCCOCC3=O)CC2)ncn1. The lowest BCUT2D eigenvalue weighted by Gasteiger charge is -2.33. The molecule has 0 saturated carbocycles. The van der Waals surface area contributed by atoms with Crippen LogP contribution in [0.15, 0.2) is 12.4 Å². The number of hydrogen-bond acceptors (Lipinski definition) is 6. The third-order valence-electron chi connectivity index (χ3n) is 4.72. The zero-order valence-corrected chi connectivity index (χ0v) is 14.4. The van der Waals surface area contributed by atoms with Crippen molar-refractivity contribution in [1.82, 2.24) is 19.8 Å². The molecule has 1 amide bonds. The normalized spacial score (nSPS) is 20.9. The quantitative estimate of drug-likeness (QED) is 0.864. The first-order valence-electron chi connectivity index (χ1n) is 8.84. The number of aromatic nitrogens is 2. The Morgan fingerprint density at radius 2 is 2.08 bits per heavy atom. The van der Waals surface area contributed by atoms with Gasteiger partial charge in [-0.2, -0.15) is 0 Å². The molecule has 2 saturated heterocycles. The summed E-state index contributed by atoms with van der Waals surface area (Å²) in [7, 11) is 0. The van der Waals surface area contributed by atoms with E-state index in [-0.39, 0.29) is 12.5 Å². The third-order valence-corrected chi connectivity index (χ3v) is 4.72. The molecule has 1 aromatic rings. The van der Waals surface area contributed by atoms with E-state index in [2.05, 4.69) is 20.2 Å². The van der Waals surface area contributed by atoms with Crippen LogP contribution in [0.3, 0.4) is 0 Å². The number of ether oxygens (including phenoxy) is 1. The molecule has 0 spiro atoms. The fourth-order valence-corrected chi connectivity index (χ4v) is 3.28. The maximum atomic E-state index is 11.9. The summed E-state index contributed by atoms with van der Waals surface area (Å²) in [6.45, 7) is 7.61. The van der Waals surface area contributed by atoms with Gasteiger partial charge in [-0.3, -0.25) is 4.79 Å². The van der Waals surface area contributed by atoms with E-state index in [1.807, 2.05) is 17.9 Å². The van der Waals surface area contributed by atoms with Gasteiger partial charge in [0.2, 0.25) is 5.91 Å². The molecular weight excluding hydrogens is 306 g/mol. The van der Waals surface area contributed by atoms with Crippen LogP contribution in [-0.4, -0.2) is 77.7 Å². The standard InChI is InChI=1S/C17H27N5O2/c1-14-11-16(19-13-18-14)20-15-3-6-21(7-4-15)8-9-22-5-2-10-24-12-17(22)23/h11,13,15H,2-10,12H2,1H3,(H,18,19,20). The van der Waals surface area contributed by atoms with Gasteiger partial charge in [-0.25, -0.2) is 9.97 Å². The number of piperidine rings is 1. The minimum Gasteiger partial charge on any atom is -0.372 e. The number of anilines is 1. The molecular formula is C17H27N5O2. The van der Waals surface area contributed by atoms with Crippen LogP contribution in [0, 0.1) is 6.92 Å². The smallest absolute Gasteiger partial charge is 0.248 e. The zero-order chi connectivity index (χ0) is 16.8. The lowest BCUT2D eigenvalue weighted by atomic mass is 10.1. The maximum absolute atomic E-state index is 11.9. The van der Waals surface area contributed by atoms with Crippen LogP contribution in [-0.2, 0) is 9.53 Å². The number of nitrogens with one attached hydrogen (secondary N) is 1. The molecule has 2 fully saturated rings. The van der Waals surface area contributed by atoms with Crippen molar-refractivity contribution in [2.24, 2.45) is 0 Å². The number of carbonyl (C=O) groups is 1. The van der Waals surface area contributed by atoms with Crippen molar-refractivity contribution in [2.45, 2.75) is 32.2 Å². The topological polar surface area (TPSA) is 70.6 Å². The Balaban J connectivity index is 1.39. The summed E-state index contributed by atoms with van der Waals surface area (Å²) in [5.74, 6) is 1.04. The van der Waals surface area contributed by atoms with Crippen LogP contribution >= 0.6 is 0 Å². The van der Waals surface area contributed by atoms with Crippen molar-refractivity contribution in [3.63, 3.8) is 0 Å². The summed E-state index contributed by atoms with van der Waals surface area (Å²) in [6.07, 6.45) is 4.74. The van der Waals surface area contributed by atoms with Crippen molar-refractivity contribution in [2.75, 3.05) is 51.3 Å². The van der Waals surface area contributed by atoms with E-state index in [0.29, 0.717) is 12.6 Å². The molecule has 0 aromatic carbocycles. The molecule has 7 nitrogen and oxygen atoms in total. The molecule has 3 rings (SSSR count). The molecule has 2 aliphatic heterocycles. The van der Waals surface area contributed by atoms with Crippen LogP contribution in [0.5, 0.6) is 0 Å². The minimum absolute atomic E-state index is 0.128. The molecule has 0 atom stereocenters. The lowest BCUT2D eigenvalue weighted by Crippen LogP contribution is -2.44. The molecule has 1 N–H and O–H groups in total. The van der Waals surface area contributed by atoms with Crippen LogP contribution < -0.4 is 5.32 Å². The predicted molar refractivity (Wildman–Crippen MR) is 91.9 cm³/mol. The van der Waals surface area contributed by atoms with Gasteiger partial charge in [-0.1, -0.05) is 0 Å². The van der Waals surface area contributed by atoms with Crippen molar-refractivity contribution >= 4 is 11.7 Å². The predicted octanol–water partition coefficient (Wildman–Crippen LogP) is 0.910. The number of nitrogens with zero attached hydrogens (tertiary/aromatic N) is 4. The Morgan fingerprint density at radius 1 is 1.25 bits per heavy atom. The number of aryl methyl sites for hydroxylation is 1. The van der Waals surface area contributed by atoms with Gasteiger partial charge in [0.1, 0.15) is 18.8 Å². The average molecular weight is 333 g/mol. The molecule has 7 heteroatoms. The Hall–Kier alpha value is -1.73. The average Bonchev–Trinajstić information content (AvgIpc) is 2.79. The van der Waals surface area contributed by atoms with E-state index in [9.17, 15) is 4.79 Å². The van der Waals surface area contributed by atoms with E-state index in [1.165, 1.54) is 0 Å². The van der Waals surface area contributed by atoms with Crippen molar-refractivity contribution in [3.05, 3.63) is 18.1 Å². The van der Waals surface area contributed by atoms with Gasteiger partial charge >= 0.3 is 0 Å². The second kappa shape index (κ2) is 8.39. The van der Waals surface area contributed by atoms with Gasteiger partial charge in [0.05, 0.1) is 0 Å². The number of rotatable bonds is 5. The number of carbonyl (C=O) groups excluding carboxylic acids is 1. The molecule has 1 aromatic heterocycles. The first-order chi connectivity index (χ1) is 11.7. The fraction of sp³-hybridized carbons (Fsp3) is 0.706. The Kier molecular flexibility index (Phi) is 5.98. The first kappa shape index (κ1) is 17.1. The highest BCUT2D eigenvalue weighted by atomic mass is 16.5. The second-order valence-electron chi connectivity index (χ2n) is 6.59. The molecule has 0 radical (unpaired) electrons. The fourth-order valence-electron chi connectivity index (χ4n) is 3.28. The molecule has 0 unspecified atom stereocenters. The summed E-state index contributed by atoms with van der Waals surface area (Å²) in [5.41, 5.74) is 0.982. The van der Waals surface area contributed by atoms with Crippen molar-refractivity contribution < 1.29 is 9.53 Å². The van der Waals surface area contributed by atoms with Gasteiger partial charge in [-0.15, -0.1) is 0 Å². The Labute approximate surface area is 143 Å². The van der Waals surface area contributed by atoms with Gasteiger partial charge < -0.3 is 19.9 Å². The summed E-state index contributed by atoms with van der Waals surface area (Å²) in [6, 6.07) is 2.45. The first-order valence-corrected chi connectivity index (χ1v) is 8.84. The van der Waals surface area contributed by atoms with E-state index < -0.39 is 0 Å². The molecule has 3 heterocycles. The molecule has 2 aliphatic rings. The lowest BCUT2D eigenvalue weighted by molar-refractivity contribution is -0.134. The van der Waals surface area contributed by atoms with Crippen LogP contribution in [0.4, 0.5) is 5.82 Å². The van der Waals surface area contributed by atoms with Gasteiger partial charge in [-0.05, 0) is 26.2 Å². The van der Waals surface area contributed by atoms with E-state index in [4.69, 9.17) is 4.74 Å². The zero-order valence-electron chi connectivity index (χ0n) is 14.4. The van der Waals surface area contributed by atoms with Crippen LogP contribution in [0.25, 0.3) is 0 Å². The van der Waals surface area contributed by atoms with E-state index in [0.717, 1.165) is 63.5 Å². The highest BCUT2D eigenvalue weighted by Gasteiger charge is 2.22. The monoisotopic (exact) mass is 333 g/mol. The van der Waals surface area contributed by atoms with Crippen molar-refractivity contribution in [3.8, 4) is 0 Å². The molecule has 132 valence electrons. The maximum Gasteiger partial charge on any atom is 0.248 e. The Morgan fingerprint density at radius 3 is 2.88 bits per heavy atom. The van der Waals surface area contributed by atoms with Gasteiger partial charge in [0.25, 0.3) is 0 Å². The largest absolute Gasteiger partial charge is 0.372 e. The van der Waals surface area contributed by atoms with Gasteiger partial charge in [0, 0.05) is 57.1 Å². The van der Waals surface area contributed by atoms with E-state index in [1.54, 1.807) is 6.33 Å². The highest BCUT2D eigenvalue weighted by molar-refractivity contribution is 5.77. The Bertz CT molecular complexity index is 546. The van der Waals surface area contributed by atoms with E-state index >= 15 is 0 Å².